The van der Waals surface area contributed by atoms with E-state index in [0.29, 0.717) is 22.0 Å². The van der Waals surface area contributed by atoms with Crippen LogP contribution in [0.3, 0.4) is 0 Å². The lowest BCUT2D eigenvalue weighted by Gasteiger charge is -2.11. The van der Waals surface area contributed by atoms with Crippen molar-refractivity contribution < 1.29 is 24.0 Å². The van der Waals surface area contributed by atoms with Gasteiger partial charge in [0.25, 0.3) is 11.6 Å². The van der Waals surface area contributed by atoms with Crippen LogP contribution in [-0.2, 0) is 9.53 Å². The first-order valence-electron chi connectivity index (χ1n) is 7.38. The molecule has 0 saturated heterocycles. The van der Waals surface area contributed by atoms with Gasteiger partial charge >= 0.3 is 5.97 Å². The van der Waals surface area contributed by atoms with Crippen molar-refractivity contribution in [3.8, 4) is 5.75 Å². The van der Waals surface area contributed by atoms with Crippen LogP contribution in [0.4, 0.5) is 11.4 Å². The van der Waals surface area contributed by atoms with E-state index >= 15 is 0 Å². The summed E-state index contributed by atoms with van der Waals surface area (Å²) in [6.45, 7) is 0.917. The molecule has 0 atom stereocenters. The van der Waals surface area contributed by atoms with Crippen molar-refractivity contribution in [3.05, 3.63) is 62.7 Å². The second kappa shape index (κ2) is 8.30. The van der Waals surface area contributed by atoms with Gasteiger partial charge in [0.2, 0.25) is 0 Å². The predicted molar refractivity (Wildman–Crippen MR) is 94.7 cm³/mol. The molecule has 0 unspecified atom stereocenters. The van der Waals surface area contributed by atoms with Crippen LogP contribution < -0.4 is 10.1 Å². The molecule has 0 aromatic heterocycles. The van der Waals surface area contributed by atoms with Crippen molar-refractivity contribution in [2.75, 3.05) is 19.0 Å². The zero-order valence-electron chi connectivity index (χ0n) is 13.9. The largest absolute Gasteiger partial charge is 0.495 e. The Kier molecular flexibility index (Phi) is 6.13. The number of aryl methyl sites for hydroxylation is 1. The number of hydrogen-bond acceptors (Lipinski definition) is 6. The third-order valence-electron chi connectivity index (χ3n) is 3.42. The second-order valence-corrected chi connectivity index (χ2v) is 5.63. The van der Waals surface area contributed by atoms with Crippen LogP contribution in [-0.4, -0.2) is 30.5 Å². The molecule has 1 amide bonds. The summed E-state index contributed by atoms with van der Waals surface area (Å²) in [5.74, 6) is -1.22. The third kappa shape index (κ3) is 4.48. The average molecular weight is 379 g/mol. The van der Waals surface area contributed by atoms with Crippen LogP contribution >= 0.6 is 11.6 Å². The van der Waals surface area contributed by atoms with Gasteiger partial charge in [-0.3, -0.25) is 14.9 Å². The van der Waals surface area contributed by atoms with Crippen molar-refractivity contribution in [2.45, 2.75) is 6.92 Å². The van der Waals surface area contributed by atoms with E-state index in [0.717, 1.165) is 0 Å². The fraction of sp³-hybridized carbons (Fsp3) is 0.176. The molecule has 9 heteroatoms. The Hall–Kier alpha value is -3.13. The lowest BCUT2D eigenvalue weighted by atomic mass is 10.1. The van der Waals surface area contributed by atoms with Crippen LogP contribution in [0.15, 0.2) is 36.4 Å². The second-order valence-electron chi connectivity index (χ2n) is 5.20. The highest BCUT2D eigenvalue weighted by molar-refractivity contribution is 6.31. The topological polar surface area (TPSA) is 108 Å². The Balaban J connectivity index is 2.08. The maximum Gasteiger partial charge on any atom is 0.345 e. The SMILES string of the molecule is COc1ccc(Cl)cc1NC(=O)COC(=O)c1c(C)cccc1[N+](=O)[O-]. The summed E-state index contributed by atoms with van der Waals surface area (Å²) in [6, 6.07) is 8.84. The molecule has 0 radical (unpaired) electrons. The fourth-order valence-corrected chi connectivity index (χ4v) is 2.41. The first-order chi connectivity index (χ1) is 12.3. The highest BCUT2D eigenvalue weighted by atomic mass is 35.5. The number of carbonyl (C=O) groups excluding carboxylic acids is 2. The molecule has 0 bridgehead atoms. The van der Waals surface area contributed by atoms with Crippen molar-refractivity contribution >= 4 is 34.9 Å². The van der Waals surface area contributed by atoms with Crippen molar-refractivity contribution in [3.63, 3.8) is 0 Å². The summed E-state index contributed by atoms with van der Waals surface area (Å²) in [5, 5.41) is 13.9. The predicted octanol–water partition coefficient (Wildman–Crippen LogP) is 3.36. The van der Waals surface area contributed by atoms with Gasteiger partial charge in [0.05, 0.1) is 17.7 Å². The number of nitrogens with zero attached hydrogens (tertiary/aromatic N) is 1. The highest BCUT2D eigenvalue weighted by Gasteiger charge is 2.24. The Morgan fingerprint density at radius 3 is 2.65 bits per heavy atom. The van der Waals surface area contributed by atoms with E-state index in [1.165, 1.54) is 25.3 Å². The number of anilines is 1. The van der Waals surface area contributed by atoms with Crippen LogP contribution in [0.1, 0.15) is 15.9 Å². The van der Waals surface area contributed by atoms with Gasteiger partial charge < -0.3 is 14.8 Å². The van der Waals surface area contributed by atoms with Gasteiger partial charge in [-0.25, -0.2) is 4.79 Å². The monoisotopic (exact) mass is 378 g/mol. The van der Waals surface area contributed by atoms with Crippen LogP contribution in [0, 0.1) is 17.0 Å². The number of carbonyl (C=O) groups is 2. The highest BCUT2D eigenvalue weighted by Crippen LogP contribution is 2.27. The first-order valence-corrected chi connectivity index (χ1v) is 7.75. The van der Waals surface area contributed by atoms with E-state index in [-0.39, 0.29) is 11.3 Å². The van der Waals surface area contributed by atoms with E-state index in [2.05, 4.69) is 5.32 Å². The molecular formula is C17H15ClN2O6. The molecule has 0 aliphatic heterocycles. The number of ether oxygens (including phenoxy) is 2. The number of nitro groups is 1. The Morgan fingerprint density at radius 1 is 1.27 bits per heavy atom. The van der Waals surface area contributed by atoms with Crippen LogP contribution in [0.2, 0.25) is 5.02 Å². The van der Waals surface area contributed by atoms with E-state index in [4.69, 9.17) is 21.1 Å². The molecule has 0 heterocycles. The van der Waals surface area contributed by atoms with E-state index < -0.39 is 23.4 Å². The summed E-state index contributed by atoms with van der Waals surface area (Å²) in [4.78, 5) is 34.6. The molecule has 2 aromatic carbocycles. The first kappa shape index (κ1) is 19.2. The lowest BCUT2D eigenvalue weighted by molar-refractivity contribution is -0.385. The number of nitrogens with one attached hydrogen (secondary N) is 1. The molecule has 0 aliphatic carbocycles. The number of benzene rings is 2. The number of hydrogen-bond donors (Lipinski definition) is 1. The molecule has 2 aromatic rings. The van der Waals surface area contributed by atoms with E-state index in [1.54, 1.807) is 25.1 Å². The molecule has 26 heavy (non-hydrogen) atoms. The molecule has 2 rings (SSSR count). The zero-order valence-corrected chi connectivity index (χ0v) is 14.7. The normalized spacial score (nSPS) is 10.1. The maximum absolute atomic E-state index is 12.2. The molecule has 0 saturated carbocycles. The van der Waals surface area contributed by atoms with Gasteiger partial charge in [-0.05, 0) is 30.7 Å². The van der Waals surface area contributed by atoms with E-state index in [1.807, 2.05) is 0 Å². The summed E-state index contributed by atoms with van der Waals surface area (Å²) in [6.07, 6.45) is 0. The van der Waals surface area contributed by atoms with Gasteiger partial charge in [-0.1, -0.05) is 23.7 Å². The molecule has 1 N–H and O–H groups in total. The van der Waals surface area contributed by atoms with Gasteiger partial charge in [0.15, 0.2) is 6.61 Å². The quantitative estimate of drug-likeness (QED) is 0.469. The van der Waals surface area contributed by atoms with Crippen molar-refractivity contribution in [1.29, 1.82) is 0 Å². The van der Waals surface area contributed by atoms with Gasteiger partial charge in [-0.2, -0.15) is 0 Å². The van der Waals surface area contributed by atoms with E-state index in [9.17, 15) is 19.7 Å². The summed E-state index contributed by atoms with van der Waals surface area (Å²) < 4.78 is 10.0. The maximum atomic E-state index is 12.2. The molecular weight excluding hydrogens is 364 g/mol. The van der Waals surface area contributed by atoms with Gasteiger partial charge in [-0.15, -0.1) is 0 Å². The summed E-state index contributed by atoms with van der Waals surface area (Å²) in [5.41, 5.74) is 0.113. The molecule has 0 aliphatic rings. The Bertz CT molecular complexity index is 868. The lowest BCUT2D eigenvalue weighted by Crippen LogP contribution is -2.22. The number of amides is 1. The minimum atomic E-state index is -0.956. The standard InChI is InChI=1S/C17H15ClN2O6/c1-10-4-3-5-13(20(23)24)16(10)17(22)26-9-15(21)19-12-8-11(18)6-7-14(12)25-2/h3-8H,9H2,1-2H3,(H,19,21). The number of rotatable bonds is 6. The minimum absolute atomic E-state index is 0.189. The third-order valence-corrected chi connectivity index (χ3v) is 3.66. The number of nitro benzene ring substituents is 1. The summed E-state index contributed by atoms with van der Waals surface area (Å²) >= 11 is 5.87. The number of methoxy groups -OCH3 is 1. The minimum Gasteiger partial charge on any atom is -0.495 e. The molecule has 0 fully saturated rings. The summed E-state index contributed by atoms with van der Waals surface area (Å²) in [7, 11) is 1.43. The van der Waals surface area contributed by atoms with Crippen molar-refractivity contribution in [2.24, 2.45) is 0 Å². The van der Waals surface area contributed by atoms with Gasteiger partial charge in [0, 0.05) is 11.1 Å². The van der Waals surface area contributed by atoms with Crippen LogP contribution in [0.25, 0.3) is 0 Å². The number of halogens is 1. The molecule has 8 nitrogen and oxygen atoms in total. The Morgan fingerprint density at radius 2 is 2.00 bits per heavy atom. The fourth-order valence-electron chi connectivity index (χ4n) is 2.24. The average Bonchev–Trinajstić information content (AvgIpc) is 2.59. The Labute approximate surface area is 153 Å². The van der Waals surface area contributed by atoms with Gasteiger partial charge in [0.1, 0.15) is 11.3 Å². The zero-order chi connectivity index (χ0) is 19.3. The molecule has 136 valence electrons. The smallest absolute Gasteiger partial charge is 0.345 e. The molecule has 0 spiro atoms. The van der Waals surface area contributed by atoms with Crippen molar-refractivity contribution in [1.82, 2.24) is 0 Å². The van der Waals surface area contributed by atoms with Crippen LogP contribution in [0.5, 0.6) is 5.75 Å². The number of esters is 1.